The van der Waals surface area contributed by atoms with Crippen molar-refractivity contribution in [1.82, 2.24) is 9.80 Å². The minimum atomic E-state index is 1.31. The molecule has 2 heteroatoms. The molecule has 0 fully saturated rings. The van der Waals surface area contributed by atoms with Crippen LogP contribution in [0.4, 0.5) is 0 Å². The maximum Gasteiger partial charge on any atom is 0.0109 e. The Balaban J connectivity index is 4.69. The van der Waals surface area contributed by atoms with Crippen molar-refractivity contribution in [3.8, 4) is 0 Å². The van der Waals surface area contributed by atoms with Gasteiger partial charge in [0.15, 0.2) is 0 Å². The van der Waals surface area contributed by atoms with E-state index in [0.717, 1.165) is 0 Å². The van der Waals surface area contributed by atoms with Crippen molar-refractivity contribution >= 4 is 0 Å². The van der Waals surface area contributed by atoms with Crippen molar-refractivity contribution in [2.75, 3.05) is 39.3 Å². The van der Waals surface area contributed by atoms with Crippen LogP contribution in [-0.2, 0) is 0 Å². The summed E-state index contributed by atoms with van der Waals surface area (Å²) in [5.41, 5.74) is 0. The molecule has 2 nitrogen and oxygen atoms in total. The first-order chi connectivity index (χ1) is 25.8. The van der Waals surface area contributed by atoms with E-state index in [2.05, 4.69) is 37.5 Å². The number of hydrogen-bond donors (Lipinski definition) is 0. The zero-order chi connectivity index (χ0) is 37.7. The van der Waals surface area contributed by atoms with Crippen molar-refractivity contribution in [2.45, 2.75) is 285 Å². The Morgan fingerprint density at radius 3 is 0.442 bits per heavy atom. The van der Waals surface area contributed by atoms with E-state index in [1.807, 2.05) is 0 Å². The van der Waals surface area contributed by atoms with Crippen molar-refractivity contribution in [3.05, 3.63) is 0 Å². The molecule has 314 valence electrons. The summed E-state index contributed by atoms with van der Waals surface area (Å²) in [5.74, 6) is 0. The zero-order valence-corrected chi connectivity index (χ0v) is 37.4. The van der Waals surface area contributed by atoms with Crippen LogP contribution in [0.1, 0.15) is 285 Å². The molecule has 0 spiro atoms. The fourth-order valence-electron chi connectivity index (χ4n) is 8.25. The van der Waals surface area contributed by atoms with Crippen LogP contribution in [0.15, 0.2) is 0 Å². The van der Waals surface area contributed by atoms with Crippen molar-refractivity contribution in [3.63, 3.8) is 0 Å². The monoisotopic (exact) mass is 733 g/mol. The topological polar surface area (TPSA) is 6.48 Å². The average molecular weight is 733 g/mol. The Morgan fingerprint density at radius 2 is 0.288 bits per heavy atom. The van der Waals surface area contributed by atoms with Crippen molar-refractivity contribution in [2.24, 2.45) is 0 Å². The first-order valence-electron chi connectivity index (χ1n) is 25.2. The van der Waals surface area contributed by atoms with Gasteiger partial charge in [0.25, 0.3) is 0 Å². The highest BCUT2D eigenvalue weighted by atomic mass is 15.2. The molecule has 0 radical (unpaired) electrons. The summed E-state index contributed by atoms with van der Waals surface area (Å²) < 4.78 is 0. The van der Waals surface area contributed by atoms with E-state index in [-0.39, 0.29) is 0 Å². The van der Waals surface area contributed by atoms with E-state index in [1.165, 1.54) is 296 Å². The quantitative estimate of drug-likeness (QED) is 0.0575. The molecule has 0 aliphatic carbocycles. The molecule has 0 bridgehead atoms. The minimum absolute atomic E-state index is 1.31. The number of hydrogen-bond acceptors (Lipinski definition) is 2. The molecule has 0 rings (SSSR count). The third kappa shape index (κ3) is 42.7. The van der Waals surface area contributed by atoms with Gasteiger partial charge < -0.3 is 9.80 Å². The molecule has 0 N–H and O–H groups in total. The molecule has 0 unspecified atom stereocenters. The van der Waals surface area contributed by atoms with Crippen LogP contribution in [-0.4, -0.2) is 49.1 Å². The Bertz CT molecular complexity index is 505. The van der Waals surface area contributed by atoms with E-state index in [4.69, 9.17) is 0 Å². The number of unbranched alkanes of at least 4 members (excludes halogenated alkanes) is 36. The molecule has 0 aromatic rings. The second kappa shape index (κ2) is 47.1. The van der Waals surface area contributed by atoms with E-state index < -0.39 is 0 Å². The van der Waals surface area contributed by atoms with Gasteiger partial charge in [-0.05, 0) is 51.9 Å². The first kappa shape index (κ1) is 51.9. The van der Waals surface area contributed by atoms with Gasteiger partial charge in [0.1, 0.15) is 0 Å². The molecule has 0 aromatic heterocycles. The van der Waals surface area contributed by atoms with Gasteiger partial charge in [0.05, 0.1) is 0 Å². The second-order valence-corrected chi connectivity index (χ2v) is 17.4. The lowest BCUT2D eigenvalue weighted by atomic mass is 10.1. The van der Waals surface area contributed by atoms with Crippen LogP contribution < -0.4 is 0 Å². The molecule has 0 atom stereocenters. The molecular formula is C50H104N2. The summed E-state index contributed by atoms with van der Waals surface area (Å²) in [7, 11) is 0. The lowest BCUT2D eigenvalue weighted by Crippen LogP contribution is -2.37. The summed E-state index contributed by atoms with van der Waals surface area (Å²) >= 11 is 0. The Kier molecular flexibility index (Phi) is 47.0. The highest BCUT2D eigenvalue weighted by Gasteiger charge is 2.10. The van der Waals surface area contributed by atoms with Crippen LogP contribution >= 0.6 is 0 Å². The van der Waals surface area contributed by atoms with Gasteiger partial charge in [-0.3, -0.25) is 0 Å². The lowest BCUT2D eigenvalue weighted by Gasteiger charge is -2.28. The van der Waals surface area contributed by atoms with Crippen LogP contribution in [0.3, 0.4) is 0 Å². The van der Waals surface area contributed by atoms with Crippen molar-refractivity contribution < 1.29 is 0 Å². The summed E-state index contributed by atoms with van der Waals surface area (Å²) in [6.45, 7) is 17.3. The highest BCUT2D eigenvalue weighted by molar-refractivity contribution is 4.66. The van der Waals surface area contributed by atoms with Gasteiger partial charge >= 0.3 is 0 Å². The average Bonchev–Trinajstić information content (AvgIpc) is 3.15. The predicted octanol–water partition coefficient (Wildman–Crippen LogP) is 17.3. The van der Waals surface area contributed by atoms with E-state index >= 15 is 0 Å². The fraction of sp³-hybridized carbons (Fsp3) is 1.00. The second-order valence-electron chi connectivity index (χ2n) is 17.4. The Labute approximate surface area is 332 Å². The number of rotatable bonds is 47. The Hall–Kier alpha value is -0.0800. The van der Waals surface area contributed by atoms with Gasteiger partial charge in [-0.15, -0.1) is 0 Å². The van der Waals surface area contributed by atoms with Gasteiger partial charge in [-0.25, -0.2) is 0 Å². The summed E-state index contributed by atoms with van der Waals surface area (Å²) in [4.78, 5) is 5.80. The third-order valence-corrected chi connectivity index (χ3v) is 12.0. The molecule has 0 aliphatic rings. The van der Waals surface area contributed by atoms with Gasteiger partial charge in [-0.1, -0.05) is 259 Å². The smallest absolute Gasteiger partial charge is 0.0109 e. The van der Waals surface area contributed by atoms with E-state index in [0.29, 0.717) is 0 Å². The molecule has 0 saturated carbocycles. The standard InChI is InChI=1S/C50H104N2/c1-5-9-13-17-21-25-29-33-37-41-45-51(46-42-38-34-30-26-22-18-14-10-6-2)49-50-52(47-43-39-35-31-27-23-19-15-11-7-3)48-44-40-36-32-28-24-20-16-12-8-4/h5-50H2,1-4H3. The van der Waals surface area contributed by atoms with E-state index in [1.54, 1.807) is 0 Å². The highest BCUT2D eigenvalue weighted by Crippen LogP contribution is 2.16. The first-order valence-corrected chi connectivity index (χ1v) is 25.2. The zero-order valence-electron chi connectivity index (χ0n) is 37.4. The van der Waals surface area contributed by atoms with Crippen LogP contribution in [0.5, 0.6) is 0 Å². The number of nitrogens with zero attached hydrogens (tertiary/aromatic N) is 2. The molecule has 52 heavy (non-hydrogen) atoms. The van der Waals surface area contributed by atoms with Crippen molar-refractivity contribution in [1.29, 1.82) is 0 Å². The summed E-state index contributed by atoms with van der Waals surface area (Å²) in [5, 5.41) is 0. The normalized spacial score (nSPS) is 11.9. The molecule has 0 aliphatic heterocycles. The maximum atomic E-state index is 2.90. The van der Waals surface area contributed by atoms with Crippen LogP contribution in [0, 0.1) is 0 Å². The SMILES string of the molecule is CCCCCCCCCCCCN(CCCCCCCCCCCC)CCN(CCCCCCCCCCCC)CCCCCCCCCCCC. The maximum absolute atomic E-state index is 2.90. The molecule has 0 amide bonds. The third-order valence-electron chi connectivity index (χ3n) is 12.0. The Morgan fingerprint density at radius 1 is 0.154 bits per heavy atom. The molecule has 0 saturated heterocycles. The van der Waals surface area contributed by atoms with Crippen LogP contribution in [0.25, 0.3) is 0 Å². The van der Waals surface area contributed by atoms with Gasteiger partial charge in [0, 0.05) is 13.1 Å². The minimum Gasteiger partial charge on any atom is -0.302 e. The van der Waals surface area contributed by atoms with Crippen LogP contribution in [0.2, 0.25) is 0 Å². The summed E-state index contributed by atoms with van der Waals surface area (Å²) in [6, 6.07) is 0. The fourth-order valence-corrected chi connectivity index (χ4v) is 8.25. The van der Waals surface area contributed by atoms with Gasteiger partial charge in [-0.2, -0.15) is 0 Å². The van der Waals surface area contributed by atoms with E-state index in [9.17, 15) is 0 Å². The largest absolute Gasteiger partial charge is 0.302 e. The summed E-state index contributed by atoms with van der Waals surface area (Å²) in [6.07, 6.45) is 57.9. The predicted molar refractivity (Wildman–Crippen MR) is 240 cm³/mol. The van der Waals surface area contributed by atoms with Gasteiger partial charge in [0.2, 0.25) is 0 Å². The molecule has 0 aromatic carbocycles. The molecular weight excluding hydrogens is 629 g/mol. The molecule has 0 heterocycles. The lowest BCUT2D eigenvalue weighted by molar-refractivity contribution is 0.192.